The quantitative estimate of drug-likeness (QED) is 0.618. The fraction of sp³-hybridized carbons (Fsp3) is 0.538. The average Bonchev–Trinajstić information content (AvgIpc) is 2.47. The summed E-state index contributed by atoms with van der Waals surface area (Å²) in [6.45, 7) is 5.71. The van der Waals surface area contributed by atoms with Crippen molar-refractivity contribution in [1.82, 2.24) is 15.2 Å². The topological polar surface area (TPSA) is 49.4 Å². The van der Waals surface area contributed by atoms with Gasteiger partial charge in [0, 0.05) is 30.3 Å². The van der Waals surface area contributed by atoms with Crippen LogP contribution in [0.4, 0.5) is 5.82 Å². The van der Waals surface area contributed by atoms with E-state index >= 15 is 0 Å². The molecule has 0 bridgehead atoms. The Labute approximate surface area is 133 Å². The Morgan fingerprint density at radius 3 is 2.90 bits per heavy atom. The van der Waals surface area contributed by atoms with Gasteiger partial charge in [0.1, 0.15) is 5.82 Å². The fourth-order valence-corrected chi connectivity index (χ4v) is 2.38. The van der Waals surface area contributed by atoms with E-state index in [1.165, 1.54) is 0 Å². The molecule has 1 saturated heterocycles. The van der Waals surface area contributed by atoms with E-state index in [9.17, 15) is 0 Å². The highest BCUT2D eigenvalue weighted by Crippen LogP contribution is 2.10. The summed E-state index contributed by atoms with van der Waals surface area (Å²) in [5.41, 5.74) is 0. The number of hydrogen-bond donors (Lipinski definition) is 2. The molecule has 0 amide bonds. The van der Waals surface area contributed by atoms with Gasteiger partial charge in [-0.2, -0.15) is 0 Å². The molecule has 20 heavy (non-hydrogen) atoms. The molecule has 110 valence electrons. The van der Waals surface area contributed by atoms with Crippen molar-refractivity contribution >= 4 is 39.1 Å². The third-order valence-electron chi connectivity index (χ3n) is 3.01. The number of thiocarbonyl (C=S) groups is 1. The van der Waals surface area contributed by atoms with Crippen molar-refractivity contribution < 1.29 is 4.74 Å². The van der Waals surface area contributed by atoms with Gasteiger partial charge in [0.25, 0.3) is 0 Å². The van der Waals surface area contributed by atoms with E-state index < -0.39 is 0 Å². The first-order chi connectivity index (χ1) is 9.74. The monoisotopic (exact) mass is 358 g/mol. The summed E-state index contributed by atoms with van der Waals surface area (Å²) < 4.78 is 6.27. The maximum absolute atomic E-state index is 5.32. The number of anilines is 1. The van der Waals surface area contributed by atoms with Gasteiger partial charge >= 0.3 is 0 Å². The minimum Gasteiger partial charge on any atom is -0.379 e. The predicted octanol–water partition coefficient (Wildman–Crippen LogP) is 1.85. The zero-order chi connectivity index (χ0) is 14.2. The molecule has 1 aromatic rings. The number of rotatable bonds is 5. The van der Waals surface area contributed by atoms with E-state index in [1.807, 2.05) is 12.1 Å². The van der Waals surface area contributed by atoms with Crippen molar-refractivity contribution in [2.75, 3.05) is 44.7 Å². The summed E-state index contributed by atoms with van der Waals surface area (Å²) in [7, 11) is 0. The van der Waals surface area contributed by atoms with Crippen molar-refractivity contribution in [2.24, 2.45) is 0 Å². The van der Waals surface area contributed by atoms with E-state index in [0.29, 0.717) is 5.11 Å². The molecule has 2 rings (SSSR count). The molecule has 1 fully saturated rings. The largest absolute Gasteiger partial charge is 0.379 e. The summed E-state index contributed by atoms with van der Waals surface area (Å²) >= 11 is 8.58. The van der Waals surface area contributed by atoms with E-state index in [2.05, 4.69) is 36.4 Å². The van der Waals surface area contributed by atoms with Crippen LogP contribution in [0.1, 0.15) is 6.42 Å². The molecular weight excluding hydrogens is 340 g/mol. The standard InChI is InChI=1S/C13H19BrN4OS/c14-11-2-3-12(16-10-11)17-13(20)15-4-1-5-18-6-8-19-9-7-18/h2-3,10H,1,4-9H2,(H2,15,16,17,20). The van der Waals surface area contributed by atoms with Gasteiger partial charge in [0.2, 0.25) is 0 Å². The van der Waals surface area contributed by atoms with Gasteiger partial charge < -0.3 is 15.4 Å². The fourth-order valence-electron chi connectivity index (χ4n) is 1.94. The van der Waals surface area contributed by atoms with Crippen LogP contribution in [0.5, 0.6) is 0 Å². The maximum Gasteiger partial charge on any atom is 0.171 e. The lowest BCUT2D eigenvalue weighted by atomic mass is 10.3. The van der Waals surface area contributed by atoms with Crippen LogP contribution in [-0.2, 0) is 4.74 Å². The maximum atomic E-state index is 5.32. The van der Waals surface area contributed by atoms with Crippen molar-refractivity contribution in [1.29, 1.82) is 0 Å². The van der Waals surface area contributed by atoms with Crippen molar-refractivity contribution in [3.05, 3.63) is 22.8 Å². The van der Waals surface area contributed by atoms with Crippen LogP contribution < -0.4 is 10.6 Å². The second-order valence-electron chi connectivity index (χ2n) is 4.55. The molecule has 0 atom stereocenters. The Balaban J connectivity index is 1.59. The smallest absolute Gasteiger partial charge is 0.171 e. The van der Waals surface area contributed by atoms with Crippen molar-refractivity contribution in [3.8, 4) is 0 Å². The van der Waals surface area contributed by atoms with Crippen LogP contribution >= 0.6 is 28.1 Å². The lowest BCUT2D eigenvalue weighted by molar-refractivity contribution is 0.0376. The Kier molecular flexibility index (Phi) is 6.65. The first kappa shape index (κ1) is 15.6. The molecule has 2 N–H and O–H groups in total. The van der Waals surface area contributed by atoms with E-state index in [1.54, 1.807) is 6.20 Å². The molecule has 7 heteroatoms. The SMILES string of the molecule is S=C(NCCCN1CCOCC1)Nc1ccc(Br)cn1. The van der Waals surface area contributed by atoms with Gasteiger partial charge in [-0.1, -0.05) is 0 Å². The minimum atomic E-state index is 0.613. The third-order valence-corrected chi connectivity index (χ3v) is 3.72. The lowest BCUT2D eigenvalue weighted by Crippen LogP contribution is -2.38. The molecule has 0 spiro atoms. The first-order valence-electron chi connectivity index (χ1n) is 6.70. The van der Waals surface area contributed by atoms with Crippen molar-refractivity contribution in [3.63, 3.8) is 0 Å². The number of aromatic nitrogens is 1. The number of nitrogens with one attached hydrogen (secondary N) is 2. The average molecular weight is 359 g/mol. The molecule has 0 saturated carbocycles. The summed E-state index contributed by atoms with van der Waals surface area (Å²) in [4.78, 5) is 6.63. The molecule has 2 heterocycles. The summed E-state index contributed by atoms with van der Waals surface area (Å²) in [6.07, 6.45) is 2.80. The molecule has 1 aliphatic rings. The molecule has 1 aliphatic heterocycles. The van der Waals surface area contributed by atoms with Crippen LogP contribution in [0.2, 0.25) is 0 Å². The van der Waals surface area contributed by atoms with Gasteiger partial charge in [-0.25, -0.2) is 4.98 Å². The van der Waals surface area contributed by atoms with E-state index in [0.717, 1.165) is 56.1 Å². The number of ether oxygens (including phenoxy) is 1. The lowest BCUT2D eigenvalue weighted by Gasteiger charge is -2.26. The van der Waals surface area contributed by atoms with Crippen LogP contribution in [-0.4, -0.2) is 54.4 Å². The molecule has 0 radical (unpaired) electrons. The zero-order valence-electron chi connectivity index (χ0n) is 11.3. The van der Waals surface area contributed by atoms with Crippen LogP contribution in [0.25, 0.3) is 0 Å². The summed E-state index contributed by atoms with van der Waals surface area (Å²) in [5, 5.41) is 6.87. The van der Waals surface area contributed by atoms with Crippen LogP contribution in [0, 0.1) is 0 Å². The Hall–Kier alpha value is -0.760. The molecule has 5 nitrogen and oxygen atoms in total. The molecule has 0 aliphatic carbocycles. The van der Waals surface area contributed by atoms with E-state index in [4.69, 9.17) is 17.0 Å². The number of nitrogens with zero attached hydrogens (tertiary/aromatic N) is 2. The highest BCUT2D eigenvalue weighted by atomic mass is 79.9. The molecule has 1 aromatic heterocycles. The predicted molar refractivity (Wildman–Crippen MR) is 88.0 cm³/mol. The van der Waals surface area contributed by atoms with Crippen LogP contribution in [0.3, 0.4) is 0 Å². The summed E-state index contributed by atoms with van der Waals surface area (Å²) in [5.74, 6) is 0.749. The number of pyridine rings is 1. The van der Waals surface area contributed by atoms with Gasteiger partial charge in [0.15, 0.2) is 5.11 Å². The normalized spacial score (nSPS) is 15.8. The van der Waals surface area contributed by atoms with Gasteiger partial charge in [-0.05, 0) is 53.2 Å². The molecular formula is C13H19BrN4OS. The molecule has 0 aromatic carbocycles. The number of halogens is 1. The second kappa shape index (κ2) is 8.51. The van der Waals surface area contributed by atoms with Gasteiger partial charge in [-0.15, -0.1) is 0 Å². The summed E-state index contributed by atoms with van der Waals surface area (Å²) in [6, 6.07) is 3.81. The third kappa shape index (κ3) is 5.70. The highest BCUT2D eigenvalue weighted by Gasteiger charge is 2.09. The number of morpholine rings is 1. The van der Waals surface area contributed by atoms with Crippen molar-refractivity contribution in [2.45, 2.75) is 6.42 Å². The minimum absolute atomic E-state index is 0.613. The Bertz CT molecular complexity index is 423. The van der Waals surface area contributed by atoms with Crippen LogP contribution in [0.15, 0.2) is 22.8 Å². The zero-order valence-corrected chi connectivity index (χ0v) is 13.7. The first-order valence-corrected chi connectivity index (χ1v) is 7.91. The van der Waals surface area contributed by atoms with E-state index in [-0.39, 0.29) is 0 Å². The Morgan fingerprint density at radius 1 is 1.40 bits per heavy atom. The molecule has 0 unspecified atom stereocenters. The van der Waals surface area contributed by atoms with Gasteiger partial charge in [0.05, 0.1) is 13.2 Å². The highest BCUT2D eigenvalue weighted by molar-refractivity contribution is 9.10. The Morgan fingerprint density at radius 2 is 2.20 bits per heavy atom. The second-order valence-corrected chi connectivity index (χ2v) is 5.87. The number of hydrogen-bond acceptors (Lipinski definition) is 4. The van der Waals surface area contributed by atoms with Gasteiger partial charge in [-0.3, -0.25) is 4.90 Å².